The van der Waals surface area contributed by atoms with Gasteiger partial charge in [0.2, 0.25) is 0 Å². The van der Waals surface area contributed by atoms with Crippen molar-refractivity contribution < 1.29 is 9.59 Å². The van der Waals surface area contributed by atoms with E-state index in [2.05, 4.69) is 26.2 Å². The van der Waals surface area contributed by atoms with Gasteiger partial charge in [-0.05, 0) is 37.3 Å². The highest BCUT2D eigenvalue weighted by atomic mass is 79.9. The molecule has 96 valence electrons. The number of rotatable bonds is 3. The molecule has 0 atom stereocenters. The number of pyridine rings is 1. The van der Waals surface area contributed by atoms with E-state index < -0.39 is 0 Å². The summed E-state index contributed by atoms with van der Waals surface area (Å²) in [7, 11) is 0. The van der Waals surface area contributed by atoms with Crippen LogP contribution in [0.1, 0.15) is 27.8 Å². The molecule has 1 aromatic carbocycles. The Kier molecular flexibility index (Phi) is 4.06. The predicted molar refractivity (Wildman–Crippen MR) is 76.3 cm³/mol. The summed E-state index contributed by atoms with van der Waals surface area (Å²) in [6.07, 6.45) is 1.54. The molecule has 0 fully saturated rings. The van der Waals surface area contributed by atoms with E-state index in [1.165, 1.54) is 6.92 Å². The van der Waals surface area contributed by atoms with E-state index in [0.29, 0.717) is 16.9 Å². The highest BCUT2D eigenvalue weighted by Gasteiger charge is 2.12. The van der Waals surface area contributed by atoms with Gasteiger partial charge in [-0.15, -0.1) is 0 Å². The van der Waals surface area contributed by atoms with Crippen molar-refractivity contribution >= 4 is 33.3 Å². The molecule has 1 aromatic heterocycles. The van der Waals surface area contributed by atoms with Crippen molar-refractivity contribution in [1.29, 1.82) is 0 Å². The van der Waals surface area contributed by atoms with Gasteiger partial charge in [0, 0.05) is 16.2 Å². The number of carbonyl (C=O) groups is 2. The molecule has 0 spiro atoms. The van der Waals surface area contributed by atoms with E-state index in [9.17, 15) is 9.59 Å². The van der Waals surface area contributed by atoms with Crippen molar-refractivity contribution in [3.63, 3.8) is 0 Å². The molecule has 0 saturated heterocycles. The summed E-state index contributed by atoms with van der Waals surface area (Å²) in [5, 5.41) is 2.70. The van der Waals surface area contributed by atoms with Crippen LogP contribution in [-0.4, -0.2) is 16.7 Å². The fraction of sp³-hybridized carbons (Fsp3) is 0.0714. The molecule has 5 heteroatoms. The van der Waals surface area contributed by atoms with Gasteiger partial charge in [-0.25, -0.2) is 0 Å². The first-order chi connectivity index (χ1) is 9.08. The molecule has 4 nitrogen and oxygen atoms in total. The molecule has 0 radical (unpaired) electrons. The molecule has 1 amide bonds. The standard InChI is InChI=1S/C14H11BrN2O2/c1-9(18)11-6-5-10(15)8-13(11)17-14(19)12-4-2-3-7-16-12/h2-8H,1H3,(H,17,19). The van der Waals surface area contributed by atoms with Crippen molar-refractivity contribution in [2.24, 2.45) is 0 Å². The van der Waals surface area contributed by atoms with Gasteiger partial charge in [0.15, 0.2) is 5.78 Å². The van der Waals surface area contributed by atoms with Crippen molar-refractivity contribution in [3.8, 4) is 0 Å². The van der Waals surface area contributed by atoms with Crippen LogP contribution in [0.15, 0.2) is 47.1 Å². The van der Waals surface area contributed by atoms with E-state index in [4.69, 9.17) is 0 Å². The molecule has 0 aliphatic heterocycles. The molecular formula is C14H11BrN2O2. The Morgan fingerprint density at radius 2 is 2.00 bits per heavy atom. The summed E-state index contributed by atoms with van der Waals surface area (Å²) < 4.78 is 0.786. The van der Waals surface area contributed by atoms with Gasteiger partial charge in [0.1, 0.15) is 5.69 Å². The molecule has 19 heavy (non-hydrogen) atoms. The second kappa shape index (κ2) is 5.75. The van der Waals surface area contributed by atoms with Crippen LogP contribution in [0.5, 0.6) is 0 Å². The lowest BCUT2D eigenvalue weighted by Gasteiger charge is -2.09. The van der Waals surface area contributed by atoms with Crippen LogP contribution >= 0.6 is 15.9 Å². The zero-order valence-electron chi connectivity index (χ0n) is 10.2. The van der Waals surface area contributed by atoms with E-state index in [-0.39, 0.29) is 11.7 Å². The summed E-state index contributed by atoms with van der Waals surface area (Å²) in [6, 6.07) is 10.2. The number of hydrogen-bond acceptors (Lipinski definition) is 3. The second-order valence-corrected chi connectivity index (χ2v) is 4.83. The third kappa shape index (κ3) is 3.26. The third-order valence-corrected chi connectivity index (χ3v) is 3.00. The monoisotopic (exact) mass is 318 g/mol. The molecular weight excluding hydrogens is 308 g/mol. The maximum atomic E-state index is 12.0. The number of aromatic nitrogens is 1. The lowest BCUT2D eigenvalue weighted by molar-refractivity contribution is 0.101. The van der Waals surface area contributed by atoms with E-state index in [0.717, 1.165) is 4.47 Å². The minimum absolute atomic E-state index is 0.108. The molecule has 2 rings (SSSR count). The Balaban J connectivity index is 2.31. The summed E-state index contributed by atoms with van der Waals surface area (Å²) >= 11 is 3.31. The van der Waals surface area contributed by atoms with Crippen LogP contribution in [0, 0.1) is 0 Å². The number of amides is 1. The summed E-state index contributed by atoms with van der Waals surface area (Å²) in [6.45, 7) is 1.46. The lowest BCUT2D eigenvalue weighted by atomic mass is 10.1. The Hall–Kier alpha value is -2.01. The smallest absolute Gasteiger partial charge is 0.274 e. The van der Waals surface area contributed by atoms with Crippen LogP contribution in [0.25, 0.3) is 0 Å². The Morgan fingerprint density at radius 1 is 1.21 bits per heavy atom. The average Bonchev–Trinajstić information content (AvgIpc) is 2.39. The predicted octanol–water partition coefficient (Wildman–Crippen LogP) is 3.30. The SMILES string of the molecule is CC(=O)c1ccc(Br)cc1NC(=O)c1ccccn1. The third-order valence-electron chi connectivity index (χ3n) is 2.51. The van der Waals surface area contributed by atoms with Crippen molar-refractivity contribution in [2.75, 3.05) is 5.32 Å². The maximum Gasteiger partial charge on any atom is 0.274 e. The number of halogens is 1. The highest BCUT2D eigenvalue weighted by Crippen LogP contribution is 2.22. The molecule has 0 aliphatic rings. The molecule has 2 aromatic rings. The van der Waals surface area contributed by atoms with Crippen LogP contribution in [0.4, 0.5) is 5.69 Å². The number of Topliss-reactive ketones (excluding diaryl/α,β-unsaturated/α-hetero) is 1. The molecule has 0 bridgehead atoms. The zero-order chi connectivity index (χ0) is 13.8. The fourth-order valence-electron chi connectivity index (χ4n) is 1.61. The van der Waals surface area contributed by atoms with Crippen LogP contribution in [0.3, 0.4) is 0 Å². The number of nitrogens with zero attached hydrogens (tertiary/aromatic N) is 1. The van der Waals surface area contributed by atoms with Crippen LogP contribution in [0.2, 0.25) is 0 Å². The Bertz CT molecular complexity index is 627. The van der Waals surface area contributed by atoms with Gasteiger partial charge in [0.25, 0.3) is 5.91 Å². The van der Waals surface area contributed by atoms with E-state index in [1.807, 2.05) is 0 Å². The molecule has 0 unspecified atom stereocenters. The number of benzene rings is 1. The summed E-state index contributed by atoms with van der Waals surface area (Å²) in [5.41, 5.74) is 1.24. The van der Waals surface area contributed by atoms with Crippen molar-refractivity contribution in [2.45, 2.75) is 6.92 Å². The van der Waals surface area contributed by atoms with E-state index in [1.54, 1.807) is 42.6 Å². The van der Waals surface area contributed by atoms with E-state index >= 15 is 0 Å². The number of nitrogens with one attached hydrogen (secondary N) is 1. The fourth-order valence-corrected chi connectivity index (χ4v) is 1.97. The quantitative estimate of drug-likeness (QED) is 0.883. The highest BCUT2D eigenvalue weighted by molar-refractivity contribution is 9.10. The first kappa shape index (κ1) is 13.4. The topological polar surface area (TPSA) is 59.1 Å². The Morgan fingerprint density at radius 3 is 2.63 bits per heavy atom. The lowest BCUT2D eigenvalue weighted by Crippen LogP contribution is -2.15. The Labute approximate surface area is 119 Å². The van der Waals surface area contributed by atoms with Gasteiger partial charge >= 0.3 is 0 Å². The molecule has 1 N–H and O–H groups in total. The number of hydrogen-bond donors (Lipinski definition) is 1. The normalized spacial score (nSPS) is 10.0. The van der Waals surface area contributed by atoms with Crippen molar-refractivity contribution in [1.82, 2.24) is 4.98 Å². The second-order valence-electron chi connectivity index (χ2n) is 3.92. The minimum atomic E-state index is -0.346. The summed E-state index contributed by atoms with van der Waals surface area (Å²) in [4.78, 5) is 27.5. The van der Waals surface area contributed by atoms with Gasteiger partial charge in [-0.3, -0.25) is 14.6 Å². The van der Waals surface area contributed by atoms with Gasteiger partial charge in [-0.2, -0.15) is 0 Å². The van der Waals surface area contributed by atoms with Gasteiger partial charge in [-0.1, -0.05) is 22.0 Å². The summed E-state index contributed by atoms with van der Waals surface area (Å²) in [5.74, 6) is -0.454. The molecule has 1 heterocycles. The molecule has 0 aliphatic carbocycles. The van der Waals surface area contributed by atoms with Crippen LogP contribution in [-0.2, 0) is 0 Å². The van der Waals surface area contributed by atoms with Gasteiger partial charge < -0.3 is 5.32 Å². The largest absolute Gasteiger partial charge is 0.320 e. The number of anilines is 1. The maximum absolute atomic E-state index is 12.0. The van der Waals surface area contributed by atoms with Gasteiger partial charge in [0.05, 0.1) is 5.69 Å². The number of carbonyl (C=O) groups excluding carboxylic acids is 2. The number of ketones is 1. The zero-order valence-corrected chi connectivity index (χ0v) is 11.8. The minimum Gasteiger partial charge on any atom is -0.320 e. The molecule has 0 saturated carbocycles. The average molecular weight is 319 g/mol. The van der Waals surface area contributed by atoms with Crippen LogP contribution < -0.4 is 5.32 Å². The first-order valence-electron chi connectivity index (χ1n) is 5.61. The first-order valence-corrected chi connectivity index (χ1v) is 6.40. The van der Waals surface area contributed by atoms with Crippen molar-refractivity contribution in [3.05, 3.63) is 58.3 Å².